The number of hydrogen-bond acceptors (Lipinski definition) is 2. The van der Waals surface area contributed by atoms with Crippen molar-refractivity contribution >= 4 is 21.9 Å². The molecule has 4 nitrogen and oxygen atoms in total. The van der Waals surface area contributed by atoms with Crippen LogP contribution >= 0.6 is 15.9 Å². The molecule has 1 aromatic heterocycles. The highest BCUT2D eigenvalue weighted by molar-refractivity contribution is 9.10. The number of aryl methyl sites for hydroxylation is 2. The summed E-state index contributed by atoms with van der Waals surface area (Å²) in [4.78, 5) is 14.8. The van der Waals surface area contributed by atoms with Crippen LogP contribution in [0.5, 0.6) is 0 Å². The highest BCUT2D eigenvalue weighted by Gasteiger charge is 2.11. The van der Waals surface area contributed by atoms with Gasteiger partial charge in [0.2, 0.25) is 0 Å². The van der Waals surface area contributed by atoms with Crippen molar-refractivity contribution < 1.29 is 9.90 Å². The number of aromatic carboxylic acids is 1. The Balaban J connectivity index is 2.52. The van der Waals surface area contributed by atoms with Crippen LogP contribution in [0.3, 0.4) is 0 Å². The highest BCUT2D eigenvalue weighted by atomic mass is 79.9. The Bertz CT molecular complexity index is 590. The lowest BCUT2D eigenvalue weighted by Crippen LogP contribution is -1.96. The molecular formula is C12H11BrN2O2. The summed E-state index contributed by atoms with van der Waals surface area (Å²) in [5, 5.41) is 8.88. The fourth-order valence-corrected chi connectivity index (χ4v) is 1.86. The lowest BCUT2D eigenvalue weighted by molar-refractivity contribution is 0.0691. The number of carboxylic acid groups (broad SMARTS) is 1. The van der Waals surface area contributed by atoms with E-state index in [4.69, 9.17) is 5.11 Å². The molecular weight excluding hydrogens is 284 g/mol. The number of carboxylic acids is 1. The molecule has 0 radical (unpaired) electrons. The number of rotatable bonds is 2. The van der Waals surface area contributed by atoms with Gasteiger partial charge in [-0.15, -0.1) is 0 Å². The van der Waals surface area contributed by atoms with Crippen molar-refractivity contribution in [2.75, 3.05) is 0 Å². The Labute approximate surface area is 107 Å². The van der Waals surface area contributed by atoms with Gasteiger partial charge in [-0.3, -0.25) is 0 Å². The number of hydrogen-bond donors (Lipinski definition) is 1. The molecule has 0 aliphatic carbocycles. The molecule has 0 atom stereocenters. The second kappa shape index (κ2) is 4.33. The quantitative estimate of drug-likeness (QED) is 0.926. The summed E-state index contributed by atoms with van der Waals surface area (Å²) in [5.41, 5.74) is 2.05. The minimum atomic E-state index is -1.01. The molecule has 5 heteroatoms. The summed E-state index contributed by atoms with van der Waals surface area (Å²) in [6.45, 7) is 3.77. The number of aromatic nitrogens is 2. The van der Waals surface area contributed by atoms with E-state index >= 15 is 0 Å². The van der Waals surface area contributed by atoms with Gasteiger partial charge in [0.1, 0.15) is 5.82 Å². The maximum atomic E-state index is 10.8. The van der Waals surface area contributed by atoms with E-state index in [-0.39, 0.29) is 5.69 Å². The summed E-state index contributed by atoms with van der Waals surface area (Å²) in [5.74, 6) is -0.357. The summed E-state index contributed by atoms with van der Waals surface area (Å²) in [6, 6.07) is 5.83. The van der Waals surface area contributed by atoms with Crippen molar-refractivity contribution in [3.8, 4) is 5.69 Å². The molecule has 1 N–H and O–H groups in total. The van der Waals surface area contributed by atoms with Crippen LogP contribution in [0, 0.1) is 13.8 Å². The lowest BCUT2D eigenvalue weighted by Gasteiger charge is -2.06. The third-order valence-corrected chi connectivity index (χ3v) is 3.41. The Morgan fingerprint density at radius 2 is 2.12 bits per heavy atom. The van der Waals surface area contributed by atoms with Crippen LogP contribution < -0.4 is 0 Å². The average molecular weight is 295 g/mol. The predicted molar refractivity (Wildman–Crippen MR) is 67.7 cm³/mol. The Morgan fingerprint density at radius 3 is 2.65 bits per heavy atom. The van der Waals surface area contributed by atoms with Gasteiger partial charge in [-0.25, -0.2) is 9.78 Å². The molecule has 0 aliphatic rings. The van der Waals surface area contributed by atoms with Gasteiger partial charge in [-0.2, -0.15) is 0 Å². The van der Waals surface area contributed by atoms with E-state index < -0.39 is 5.97 Å². The van der Waals surface area contributed by atoms with Gasteiger partial charge >= 0.3 is 5.97 Å². The van der Waals surface area contributed by atoms with Crippen LogP contribution in [0.4, 0.5) is 0 Å². The van der Waals surface area contributed by atoms with Gasteiger partial charge in [0, 0.05) is 16.4 Å². The van der Waals surface area contributed by atoms with Gasteiger partial charge < -0.3 is 9.67 Å². The minimum absolute atomic E-state index is 0.0584. The molecule has 0 spiro atoms. The van der Waals surface area contributed by atoms with E-state index in [1.807, 2.05) is 25.1 Å². The van der Waals surface area contributed by atoms with E-state index in [0.29, 0.717) is 5.82 Å². The summed E-state index contributed by atoms with van der Waals surface area (Å²) in [7, 11) is 0. The molecule has 0 saturated heterocycles. The monoisotopic (exact) mass is 294 g/mol. The van der Waals surface area contributed by atoms with E-state index in [2.05, 4.69) is 20.9 Å². The molecule has 1 heterocycles. The molecule has 2 aromatic rings. The first-order chi connectivity index (χ1) is 7.99. The number of halogens is 1. The largest absolute Gasteiger partial charge is 0.476 e. The number of benzene rings is 1. The fourth-order valence-electron chi connectivity index (χ4n) is 1.62. The summed E-state index contributed by atoms with van der Waals surface area (Å²) in [6.07, 6.45) is 1.53. The van der Waals surface area contributed by atoms with Crippen molar-refractivity contribution in [2.24, 2.45) is 0 Å². The van der Waals surface area contributed by atoms with Crippen molar-refractivity contribution in [1.82, 2.24) is 9.55 Å². The zero-order valence-corrected chi connectivity index (χ0v) is 11.0. The molecule has 0 unspecified atom stereocenters. The van der Waals surface area contributed by atoms with Gasteiger partial charge in [-0.1, -0.05) is 15.9 Å². The van der Waals surface area contributed by atoms with Crippen LogP contribution in [-0.4, -0.2) is 20.6 Å². The van der Waals surface area contributed by atoms with Crippen molar-refractivity contribution in [2.45, 2.75) is 13.8 Å². The van der Waals surface area contributed by atoms with Crippen LogP contribution in [0.15, 0.2) is 28.9 Å². The van der Waals surface area contributed by atoms with Gasteiger partial charge in [0.25, 0.3) is 0 Å². The van der Waals surface area contributed by atoms with Crippen molar-refractivity contribution in [3.63, 3.8) is 0 Å². The van der Waals surface area contributed by atoms with Crippen LogP contribution in [0.25, 0.3) is 5.69 Å². The molecule has 0 saturated carbocycles. The van der Waals surface area contributed by atoms with Gasteiger partial charge in [0.15, 0.2) is 5.69 Å². The average Bonchev–Trinajstić information content (AvgIpc) is 2.65. The highest BCUT2D eigenvalue weighted by Crippen LogP contribution is 2.20. The topological polar surface area (TPSA) is 55.1 Å². The fraction of sp³-hybridized carbons (Fsp3) is 0.167. The molecule has 88 valence electrons. The third-order valence-electron chi connectivity index (χ3n) is 2.52. The zero-order chi connectivity index (χ0) is 12.6. The molecule has 0 aliphatic heterocycles. The number of imidazole rings is 1. The normalized spacial score (nSPS) is 10.5. The van der Waals surface area contributed by atoms with E-state index in [9.17, 15) is 4.79 Å². The van der Waals surface area contributed by atoms with Gasteiger partial charge in [0.05, 0.1) is 0 Å². The summed E-state index contributed by atoms with van der Waals surface area (Å²) >= 11 is 3.43. The standard InChI is InChI=1S/C12H11BrN2O2/c1-7-5-9(3-4-10(7)13)15-6-11(12(16)17)14-8(15)2/h3-6H,1-2H3,(H,16,17). The smallest absolute Gasteiger partial charge is 0.356 e. The van der Waals surface area contributed by atoms with Crippen molar-refractivity contribution in [1.29, 1.82) is 0 Å². The Hall–Kier alpha value is -1.62. The maximum Gasteiger partial charge on any atom is 0.356 e. The Kier molecular flexibility index (Phi) is 3.02. The minimum Gasteiger partial charge on any atom is -0.476 e. The molecule has 0 bridgehead atoms. The number of nitrogens with zero attached hydrogens (tertiary/aromatic N) is 2. The molecule has 1 aromatic carbocycles. The lowest BCUT2D eigenvalue weighted by atomic mass is 10.2. The van der Waals surface area contributed by atoms with Crippen LogP contribution in [0.2, 0.25) is 0 Å². The predicted octanol–water partition coefficient (Wildman–Crippen LogP) is 2.95. The molecule has 2 rings (SSSR count). The second-order valence-corrected chi connectivity index (χ2v) is 4.64. The second-order valence-electron chi connectivity index (χ2n) is 3.78. The van der Waals surface area contributed by atoms with E-state index in [1.165, 1.54) is 6.20 Å². The Morgan fingerprint density at radius 1 is 1.41 bits per heavy atom. The number of carbonyl (C=O) groups is 1. The summed E-state index contributed by atoms with van der Waals surface area (Å²) < 4.78 is 2.79. The molecule has 0 fully saturated rings. The zero-order valence-electron chi connectivity index (χ0n) is 9.44. The molecule has 17 heavy (non-hydrogen) atoms. The van der Waals surface area contributed by atoms with Crippen LogP contribution in [0.1, 0.15) is 21.9 Å². The first-order valence-corrected chi connectivity index (χ1v) is 5.84. The molecule has 0 amide bonds. The van der Waals surface area contributed by atoms with Crippen molar-refractivity contribution in [3.05, 3.63) is 46.0 Å². The maximum absolute atomic E-state index is 10.8. The van der Waals surface area contributed by atoms with Crippen LogP contribution in [-0.2, 0) is 0 Å². The SMILES string of the molecule is Cc1cc(-n2cc(C(=O)O)nc2C)ccc1Br. The van der Waals surface area contributed by atoms with E-state index in [1.54, 1.807) is 11.5 Å². The first kappa shape index (κ1) is 11.9. The van der Waals surface area contributed by atoms with Gasteiger partial charge in [-0.05, 0) is 37.6 Å². The first-order valence-electron chi connectivity index (χ1n) is 5.05. The third kappa shape index (κ3) is 2.24. The van der Waals surface area contributed by atoms with E-state index in [0.717, 1.165) is 15.7 Å².